The van der Waals surface area contributed by atoms with Crippen molar-refractivity contribution in [2.75, 3.05) is 32.5 Å². The van der Waals surface area contributed by atoms with Gasteiger partial charge in [0, 0.05) is 73.2 Å². The van der Waals surface area contributed by atoms with Gasteiger partial charge in [0.25, 0.3) is 0 Å². The van der Waals surface area contributed by atoms with E-state index in [1.54, 1.807) is 6.92 Å². The Morgan fingerprint density at radius 3 is 2.65 bits per heavy atom. The lowest BCUT2D eigenvalue weighted by molar-refractivity contribution is -0.130. The van der Waals surface area contributed by atoms with E-state index in [2.05, 4.69) is 118 Å². The van der Waals surface area contributed by atoms with Crippen LogP contribution in [0.2, 0.25) is 0 Å². The molecule has 1 amide bonds. The van der Waals surface area contributed by atoms with Crippen molar-refractivity contribution in [3.05, 3.63) is 76.5 Å². The number of benzene rings is 1. The van der Waals surface area contributed by atoms with Gasteiger partial charge >= 0.3 is 0 Å². The Morgan fingerprint density at radius 1 is 1.18 bits per heavy atom. The second kappa shape index (κ2) is 15.2. The summed E-state index contributed by atoms with van der Waals surface area (Å²) in [5.41, 5.74) is 11.3. The van der Waals surface area contributed by atoms with Gasteiger partial charge in [0.1, 0.15) is 5.66 Å². The normalized spacial score (nSPS) is 23.2. The van der Waals surface area contributed by atoms with Crippen LogP contribution in [0.25, 0.3) is 11.1 Å². The number of nitrogens with one attached hydrogen (secondary N) is 1. The Hall–Kier alpha value is -4.14. The van der Waals surface area contributed by atoms with Crippen LogP contribution in [0.1, 0.15) is 116 Å². The molecule has 1 aliphatic carbocycles. The lowest BCUT2D eigenvalue weighted by Gasteiger charge is -2.33. The van der Waals surface area contributed by atoms with Crippen molar-refractivity contribution in [3.63, 3.8) is 0 Å². The maximum absolute atomic E-state index is 11.8. The quantitative estimate of drug-likeness (QED) is 0.231. The van der Waals surface area contributed by atoms with Gasteiger partial charge in [0.2, 0.25) is 5.91 Å². The van der Waals surface area contributed by atoms with Gasteiger partial charge in [-0.15, -0.1) is 0 Å². The first kappa shape index (κ1) is 36.6. The summed E-state index contributed by atoms with van der Waals surface area (Å²) >= 11 is 0. The van der Waals surface area contributed by atoms with E-state index in [0.29, 0.717) is 23.8 Å². The van der Waals surface area contributed by atoms with Crippen LogP contribution in [0.4, 0.5) is 5.69 Å². The fraction of sp³-hybridized carbons (Fsp3) is 0.571. The molecule has 1 fully saturated rings. The molecule has 1 saturated heterocycles. The van der Waals surface area contributed by atoms with Crippen molar-refractivity contribution in [1.82, 2.24) is 29.4 Å². The van der Waals surface area contributed by atoms with Crippen LogP contribution in [0.3, 0.4) is 0 Å². The monoisotopic (exact) mass is 695 g/mol. The van der Waals surface area contributed by atoms with Gasteiger partial charge in [0.15, 0.2) is 0 Å². The molecule has 1 aromatic carbocycles. The summed E-state index contributed by atoms with van der Waals surface area (Å²) in [6, 6.07) is 9.50. The number of nitrogens with zero attached hydrogens (tertiary/aromatic N) is 7. The molecule has 2 aliphatic heterocycles. The fourth-order valence-electron chi connectivity index (χ4n) is 8.38. The summed E-state index contributed by atoms with van der Waals surface area (Å²) in [7, 11) is 6.36. The SMILES string of the molecule is CCC(C)C(C)/C(=C\N(C)C)c1cccc(Cc2c3c(nn2C)CCC2=C3C(C)CCC(C)(Nc3cnn(C4CCN(C(C)=O)CC4)c3)/N=C\2)c1.[HH]. The van der Waals surface area contributed by atoms with Crippen molar-refractivity contribution < 1.29 is 6.22 Å². The molecule has 3 aromatic rings. The highest BCUT2D eigenvalue weighted by atomic mass is 16.2. The summed E-state index contributed by atoms with van der Waals surface area (Å²) < 4.78 is 4.22. The van der Waals surface area contributed by atoms with Crippen molar-refractivity contribution in [3.8, 4) is 0 Å². The van der Waals surface area contributed by atoms with E-state index in [0.717, 1.165) is 70.1 Å². The van der Waals surface area contributed by atoms with E-state index in [9.17, 15) is 4.79 Å². The molecule has 276 valence electrons. The number of likely N-dealkylation sites (tertiary alicyclic amines) is 1. The second-order valence-electron chi connectivity index (χ2n) is 16.0. The molecule has 0 bridgehead atoms. The highest BCUT2D eigenvalue weighted by Crippen LogP contribution is 2.42. The van der Waals surface area contributed by atoms with Crippen molar-refractivity contribution in [2.24, 2.45) is 29.8 Å². The Balaban J connectivity index is 0.00000523. The van der Waals surface area contributed by atoms with Crippen LogP contribution in [0, 0.1) is 17.8 Å². The van der Waals surface area contributed by atoms with Crippen LogP contribution in [-0.2, 0) is 24.7 Å². The molecule has 1 N–H and O–H groups in total. The number of aromatic nitrogens is 4. The molecule has 9 heteroatoms. The maximum atomic E-state index is 11.8. The number of fused-ring (bicyclic) bond motifs is 2. The molecular weight excluding hydrogens is 633 g/mol. The first-order valence-electron chi connectivity index (χ1n) is 19.2. The van der Waals surface area contributed by atoms with Gasteiger partial charge in [-0.3, -0.25) is 19.2 Å². The number of hydrogen-bond donors (Lipinski definition) is 1. The maximum Gasteiger partial charge on any atom is 0.219 e. The number of allylic oxidation sites excluding steroid dienone is 3. The second-order valence-corrected chi connectivity index (χ2v) is 16.0. The number of hydrogen-bond acceptors (Lipinski definition) is 6. The van der Waals surface area contributed by atoms with E-state index in [1.165, 1.54) is 44.8 Å². The number of anilines is 1. The molecule has 4 atom stereocenters. The molecule has 0 spiro atoms. The molecule has 9 nitrogen and oxygen atoms in total. The Bertz CT molecular complexity index is 1810. The smallest absolute Gasteiger partial charge is 0.219 e. The average Bonchev–Trinajstić information content (AvgIpc) is 3.70. The van der Waals surface area contributed by atoms with Gasteiger partial charge in [-0.1, -0.05) is 58.4 Å². The van der Waals surface area contributed by atoms with Gasteiger partial charge < -0.3 is 15.1 Å². The van der Waals surface area contributed by atoms with E-state index < -0.39 is 5.66 Å². The zero-order valence-electron chi connectivity index (χ0n) is 32.5. The number of carbonyl (C=O) groups is 1. The Labute approximate surface area is 307 Å². The molecule has 4 unspecified atom stereocenters. The molecule has 6 rings (SSSR count). The summed E-state index contributed by atoms with van der Waals surface area (Å²) in [5, 5.41) is 13.6. The standard InChI is InChI=1S/C42H60N8O.H2/c1-10-28(2)30(4)37(27-47(7)8)33-13-11-12-32(22-33)23-39-41-38(46-48(39)9)15-14-34-24-43-42(6,19-16-29(3)40(34)41)45-35-25-44-50(26-35)36-17-20-49(21-18-36)31(5)51;/h11-13,22,24-30,36,45H,10,14-21,23H2,1-9H3;1H/b37-27+,43-24-;. The predicted octanol–water partition coefficient (Wildman–Crippen LogP) is 8.25. The molecule has 0 radical (unpaired) electrons. The number of aryl methyl sites for hydroxylation is 2. The molecule has 0 saturated carbocycles. The first-order valence-corrected chi connectivity index (χ1v) is 19.2. The first-order chi connectivity index (χ1) is 24.4. The van der Waals surface area contributed by atoms with E-state index in [4.69, 9.17) is 15.2 Å². The summed E-state index contributed by atoms with van der Waals surface area (Å²) in [6.07, 6.45) is 16.2. The van der Waals surface area contributed by atoms with Crippen LogP contribution in [-0.4, -0.2) is 74.3 Å². The molecular formula is C42H62N8O. The Kier molecular flexibility index (Phi) is 10.9. The zero-order valence-corrected chi connectivity index (χ0v) is 32.5. The predicted molar refractivity (Wildman–Crippen MR) is 212 cm³/mol. The highest BCUT2D eigenvalue weighted by Gasteiger charge is 2.33. The van der Waals surface area contributed by atoms with Gasteiger partial charge in [-0.2, -0.15) is 10.2 Å². The highest BCUT2D eigenvalue weighted by molar-refractivity contribution is 5.94. The number of rotatable bonds is 10. The topological polar surface area (TPSA) is 83.6 Å². The number of carbonyl (C=O) groups excluding carboxylic acids is 1. The Morgan fingerprint density at radius 2 is 1.94 bits per heavy atom. The molecule has 2 aromatic heterocycles. The van der Waals surface area contributed by atoms with E-state index in [1.807, 2.05) is 11.1 Å². The minimum Gasteiger partial charge on any atom is -0.383 e. The third kappa shape index (κ3) is 8.02. The third-order valence-corrected chi connectivity index (χ3v) is 11.9. The van der Waals surface area contributed by atoms with Crippen LogP contribution >= 0.6 is 0 Å². The third-order valence-electron chi connectivity index (χ3n) is 11.9. The molecule has 3 aliphatic rings. The minimum atomic E-state index is -0.429. The molecule has 4 heterocycles. The number of amides is 1. The summed E-state index contributed by atoms with van der Waals surface area (Å²) in [5.74, 6) is 1.61. The van der Waals surface area contributed by atoms with Crippen molar-refractivity contribution >= 4 is 29.0 Å². The summed E-state index contributed by atoms with van der Waals surface area (Å²) in [6.45, 7) is 14.9. The van der Waals surface area contributed by atoms with Gasteiger partial charge in [-0.05, 0) is 91.0 Å². The summed E-state index contributed by atoms with van der Waals surface area (Å²) in [4.78, 5) is 21.2. The van der Waals surface area contributed by atoms with Crippen molar-refractivity contribution in [1.29, 1.82) is 0 Å². The lowest BCUT2D eigenvalue weighted by atomic mass is 9.78. The minimum absolute atomic E-state index is 0. The largest absolute Gasteiger partial charge is 0.383 e. The van der Waals surface area contributed by atoms with Crippen LogP contribution in [0.15, 0.2) is 53.4 Å². The van der Waals surface area contributed by atoms with Crippen molar-refractivity contribution in [2.45, 2.75) is 105 Å². The van der Waals surface area contributed by atoms with Crippen LogP contribution < -0.4 is 5.32 Å². The van der Waals surface area contributed by atoms with Gasteiger partial charge in [0.05, 0.1) is 29.3 Å². The van der Waals surface area contributed by atoms with Crippen LogP contribution in [0.5, 0.6) is 0 Å². The number of aliphatic imine (C=N–C) groups is 1. The fourth-order valence-corrected chi connectivity index (χ4v) is 8.38. The van der Waals surface area contributed by atoms with E-state index in [-0.39, 0.29) is 7.33 Å². The lowest BCUT2D eigenvalue weighted by Crippen LogP contribution is -2.37. The zero-order chi connectivity index (χ0) is 36.4. The van der Waals surface area contributed by atoms with Gasteiger partial charge in [-0.25, -0.2) is 0 Å². The average molecular weight is 695 g/mol. The number of piperidine rings is 1. The molecule has 51 heavy (non-hydrogen) atoms. The van der Waals surface area contributed by atoms with E-state index >= 15 is 0 Å².